The number of benzene rings is 1. The van der Waals surface area contributed by atoms with E-state index in [0.29, 0.717) is 25.5 Å². The molecule has 1 saturated heterocycles. The zero-order chi connectivity index (χ0) is 15.9. The number of aliphatic hydroxyl groups excluding tert-OH is 1. The largest absolute Gasteiger partial charge is 0.494 e. The first kappa shape index (κ1) is 16.8. The van der Waals surface area contributed by atoms with Crippen LogP contribution in [0, 0.1) is 12.8 Å². The number of nitrogens with zero attached hydrogens (tertiary/aromatic N) is 1. The zero-order valence-electron chi connectivity index (χ0n) is 13.6. The molecule has 1 aliphatic rings. The number of β-amino-alcohol motifs (C(OH)–C–C–N with tert-alkyl or cyclic N) is 1. The molecule has 2 atom stereocenters. The van der Waals surface area contributed by atoms with E-state index in [1.165, 1.54) is 5.56 Å². The Hall–Kier alpha value is -1.55. The van der Waals surface area contributed by atoms with E-state index in [4.69, 9.17) is 4.74 Å². The predicted molar refractivity (Wildman–Crippen MR) is 86.9 cm³/mol. The van der Waals surface area contributed by atoms with E-state index in [-0.39, 0.29) is 12.0 Å². The molecule has 4 nitrogen and oxygen atoms in total. The van der Waals surface area contributed by atoms with Crippen molar-refractivity contribution in [2.24, 2.45) is 5.92 Å². The molecule has 122 valence electrons. The lowest BCUT2D eigenvalue weighted by Gasteiger charge is -2.34. The third-order valence-corrected chi connectivity index (χ3v) is 4.31. The monoisotopic (exact) mass is 305 g/mol. The number of rotatable bonds is 6. The van der Waals surface area contributed by atoms with Gasteiger partial charge in [-0.3, -0.25) is 4.79 Å². The fraction of sp³-hybridized carbons (Fsp3) is 0.611. The summed E-state index contributed by atoms with van der Waals surface area (Å²) in [7, 11) is 0. The van der Waals surface area contributed by atoms with Crippen LogP contribution in [0.2, 0.25) is 0 Å². The van der Waals surface area contributed by atoms with Crippen molar-refractivity contribution in [2.75, 3.05) is 19.7 Å². The Bertz CT molecular complexity index is 489. The molecule has 0 bridgehead atoms. The number of carbonyl (C=O) groups is 1. The minimum absolute atomic E-state index is 0.154. The van der Waals surface area contributed by atoms with Crippen LogP contribution in [0.3, 0.4) is 0 Å². The topological polar surface area (TPSA) is 49.8 Å². The van der Waals surface area contributed by atoms with Gasteiger partial charge < -0.3 is 14.7 Å². The lowest BCUT2D eigenvalue weighted by Crippen LogP contribution is -2.45. The summed E-state index contributed by atoms with van der Waals surface area (Å²) in [6, 6.07) is 7.99. The third kappa shape index (κ3) is 5.02. The Morgan fingerprint density at radius 1 is 1.41 bits per heavy atom. The minimum Gasteiger partial charge on any atom is -0.494 e. The fourth-order valence-corrected chi connectivity index (χ4v) is 2.71. The molecule has 4 heteroatoms. The summed E-state index contributed by atoms with van der Waals surface area (Å²) in [5.41, 5.74) is 1.19. The minimum atomic E-state index is -0.373. The molecule has 1 aromatic carbocycles. The van der Waals surface area contributed by atoms with Gasteiger partial charge in [-0.25, -0.2) is 0 Å². The second-order valence-electron chi connectivity index (χ2n) is 6.30. The van der Waals surface area contributed by atoms with Crippen LogP contribution >= 0.6 is 0 Å². The molecule has 2 rings (SSSR count). The van der Waals surface area contributed by atoms with E-state index in [1.54, 1.807) is 4.90 Å². The van der Waals surface area contributed by atoms with Crippen molar-refractivity contribution in [2.45, 2.75) is 45.6 Å². The Morgan fingerprint density at radius 3 is 2.95 bits per heavy atom. The molecule has 0 saturated carbocycles. The molecule has 1 amide bonds. The first-order chi connectivity index (χ1) is 10.6. The predicted octanol–water partition coefficient (Wildman–Crippen LogP) is 2.77. The quantitative estimate of drug-likeness (QED) is 0.822. The lowest BCUT2D eigenvalue weighted by atomic mass is 9.96. The van der Waals surface area contributed by atoms with Crippen molar-refractivity contribution < 1.29 is 14.6 Å². The first-order valence-corrected chi connectivity index (χ1v) is 8.21. The van der Waals surface area contributed by atoms with E-state index in [1.807, 2.05) is 38.1 Å². The summed E-state index contributed by atoms with van der Waals surface area (Å²) in [6.07, 6.45) is 2.75. The van der Waals surface area contributed by atoms with Crippen molar-refractivity contribution >= 4 is 5.91 Å². The molecule has 22 heavy (non-hydrogen) atoms. The highest BCUT2D eigenvalue weighted by Gasteiger charge is 2.26. The maximum Gasteiger partial charge on any atom is 0.222 e. The van der Waals surface area contributed by atoms with Crippen LogP contribution in [0.15, 0.2) is 24.3 Å². The van der Waals surface area contributed by atoms with Crippen molar-refractivity contribution in [3.8, 4) is 5.75 Å². The molecular formula is C18H27NO3. The van der Waals surface area contributed by atoms with Crippen LogP contribution in [0.25, 0.3) is 0 Å². The van der Waals surface area contributed by atoms with Gasteiger partial charge in [0.25, 0.3) is 0 Å². The lowest BCUT2D eigenvalue weighted by molar-refractivity contribution is -0.135. The van der Waals surface area contributed by atoms with Crippen molar-refractivity contribution in [1.82, 2.24) is 4.90 Å². The molecule has 1 heterocycles. The number of aliphatic hydroxyl groups is 1. The highest BCUT2D eigenvalue weighted by Crippen LogP contribution is 2.18. The van der Waals surface area contributed by atoms with Gasteiger partial charge in [-0.1, -0.05) is 19.1 Å². The van der Waals surface area contributed by atoms with Gasteiger partial charge in [0.1, 0.15) is 5.75 Å². The Labute approximate surface area is 133 Å². The molecule has 1 fully saturated rings. The molecule has 2 unspecified atom stereocenters. The summed E-state index contributed by atoms with van der Waals surface area (Å²) in [5, 5.41) is 9.84. The highest BCUT2D eigenvalue weighted by atomic mass is 16.5. The SMILES string of the molecule is Cc1cccc(OCCCCC(=O)N2CCC(C)C(O)C2)c1. The number of amides is 1. The average molecular weight is 305 g/mol. The second-order valence-corrected chi connectivity index (χ2v) is 6.30. The summed E-state index contributed by atoms with van der Waals surface area (Å²) < 4.78 is 5.68. The molecule has 0 aromatic heterocycles. The fourth-order valence-electron chi connectivity index (χ4n) is 2.71. The first-order valence-electron chi connectivity index (χ1n) is 8.21. The number of aryl methyl sites for hydroxylation is 1. The number of unbranched alkanes of at least 4 members (excludes halogenated alkanes) is 1. The number of piperidine rings is 1. The van der Waals surface area contributed by atoms with Crippen LogP contribution < -0.4 is 4.74 Å². The summed E-state index contributed by atoms with van der Waals surface area (Å²) >= 11 is 0. The third-order valence-electron chi connectivity index (χ3n) is 4.31. The van der Waals surface area contributed by atoms with E-state index < -0.39 is 0 Å². The van der Waals surface area contributed by atoms with Crippen LogP contribution in [0.4, 0.5) is 0 Å². The van der Waals surface area contributed by atoms with E-state index >= 15 is 0 Å². The Kier molecular flexibility index (Phi) is 6.25. The molecule has 0 spiro atoms. The molecule has 1 aromatic rings. The maximum absolute atomic E-state index is 12.1. The zero-order valence-corrected chi connectivity index (χ0v) is 13.6. The standard InChI is InChI=1S/C18H27NO3/c1-14-6-5-7-16(12-14)22-11-4-3-8-18(21)19-10-9-15(2)17(20)13-19/h5-7,12,15,17,20H,3-4,8-11,13H2,1-2H3. The normalized spacial score (nSPS) is 21.7. The van der Waals surface area contributed by atoms with Crippen LogP contribution in [0.5, 0.6) is 5.75 Å². The second kappa shape index (κ2) is 8.18. The highest BCUT2D eigenvalue weighted by molar-refractivity contribution is 5.76. The number of likely N-dealkylation sites (tertiary alicyclic amines) is 1. The van der Waals surface area contributed by atoms with Gasteiger partial charge in [0.2, 0.25) is 5.91 Å². The van der Waals surface area contributed by atoms with E-state index in [2.05, 4.69) is 0 Å². The van der Waals surface area contributed by atoms with Crippen molar-refractivity contribution in [1.29, 1.82) is 0 Å². The maximum atomic E-state index is 12.1. The van der Waals surface area contributed by atoms with E-state index in [0.717, 1.165) is 31.6 Å². The van der Waals surface area contributed by atoms with E-state index in [9.17, 15) is 9.90 Å². The average Bonchev–Trinajstić information content (AvgIpc) is 2.49. The van der Waals surface area contributed by atoms with Crippen LogP contribution in [-0.4, -0.2) is 41.7 Å². The molecular weight excluding hydrogens is 278 g/mol. The molecule has 0 radical (unpaired) electrons. The van der Waals surface area contributed by atoms with Crippen molar-refractivity contribution in [3.05, 3.63) is 29.8 Å². The van der Waals surface area contributed by atoms with Crippen LogP contribution in [-0.2, 0) is 4.79 Å². The number of hydrogen-bond acceptors (Lipinski definition) is 3. The van der Waals surface area contributed by atoms with Gasteiger partial charge >= 0.3 is 0 Å². The molecule has 1 N–H and O–H groups in total. The van der Waals surface area contributed by atoms with Gasteiger partial charge in [-0.05, 0) is 49.8 Å². The molecule has 1 aliphatic heterocycles. The number of hydrogen-bond donors (Lipinski definition) is 1. The summed E-state index contributed by atoms with van der Waals surface area (Å²) in [6.45, 7) is 5.97. The molecule has 0 aliphatic carbocycles. The summed E-state index contributed by atoms with van der Waals surface area (Å²) in [4.78, 5) is 13.9. The number of carbonyl (C=O) groups excluding carboxylic acids is 1. The summed E-state index contributed by atoms with van der Waals surface area (Å²) in [5.74, 6) is 1.34. The van der Waals surface area contributed by atoms with Gasteiger partial charge in [0, 0.05) is 19.5 Å². The Balaban J connectivity index is 1.61. The van der Waals surface area contributed by atoms with Gasteiger partial charge in [-0.15, -0.1) is 0 Å². The van der Waals surface area contributed by atoms with Gasteiger partial charge in [0.15, 0.2) is 0 Å². The van der Waals surface area contributed by atoms with Crippen molar-refractivity contribution in [3.63, 3.8) is 0 Å². The Morgan fingerprint density at radius 2 is 2.23 bits per heavy atom. The van der Waals surface area contributed by atoms with Gasteiger partial charge in [-0.2, -0.15) is 0 Å². The number of ether oxygens (including phenoxy) is 1. The van der Waals surface area contributed by atoms with Gasteiger partial charge in [0.05, 0.1) is 12.7 Å². The smallest absolute Gasteiger partial charge is 0.222 e. The van der Waals surface area contributed by atoms with Crippen LogP contribution in [0.1, 0.15) is 38.2 Å².